The van der Waals surface area contributed by atoms with E-state index in [4.69, 9.17) is 4.74 Å². The van der Waals surface area contributed by atoms with Crippen molar-refractivity contribution in [3.05, 3.63) is 0 Å². The van der Waals surface area contributed by atoms with Crippen LogP contribution in [0.2, 0.25) is 0 Å². The molecule has 2 nitrogen and oxygen atoms in total. The van der Waals surface area contributed by atoms with E-state index in [9.17, 15) is 0 Å². The molecule has 0 aromatic heterocycles. The smallest absolute Gasteiger partial charge is 0.0805 e. The average Bonchev–Trinajstić information content (AvgIpc) is 2.64. The molecule has 1 N–H and O–H groups in total. The first-order valence-corrected chi connectivity index (χ1v) is 5.71. The number of rotatable bonds is 2. The first-order valence-electron chi connectivity index (χ1n) is 5.71. The molecule has 1 saturated heterocycles. The molecule has 0 bridgehead atoms. The fraction of sp³-hybridized carbons (Fsp3) is 1.00. The Labute approximate surface area is 81.0 Å². The zero-order chi connectivity index (χ0) is 9.31. The topological polar surface area (TPSA) is 21.3 Å². The van der Waals surface area contributed by atoms with Crippen LogP contribution in [-0.4, -0.2) is 24.3 Å². The lowest BCUT2D eigenvalue weighted by Gasteiger charge is -2.42. The molecule has 2 aliphatic rings. The van der Waals surface area contributed by atoms with E-state index in [-0.39, 0.29) is 5.60 Å². The van der Waals surface area contributed by atoms with Crippen molar-refractivity contribution in [2.75, 3.05) is 6.54 Å². The van der Waals surface area contributed by atoms with Gasteiger partial charge in [-0.05, 0) is 32.1 Å². The summed E-state index contributed by atoms with van der Waals surface area (Å²) in [6, 6.07) is 0.659. The standard InChI is InChI=1S/C11H21NO/c1-3-11(4-2)8-12-9-6-5-7-10(9)13-11/h9-10,12H,3-8H2,1-2H3. The molecule has 2 fully saturated rings. The quantitative estimate of drug-likeness (QED) is 0.707. The van der Waals surface area contributed by atoms with Crippen LogP contribution in [0, 0.1) is 0 Å². The molecule has 1 saturated carbocycles. The van der Waals surface area contributed by atoms with E-state index in [1.807, 2.05) is 0 Å². The van der Waals surface area contributed by atoms with Gasteiger partial charge >= 0.3 is 0 Å². The van der Waals surface area contributed by atoms with E-state index >= 15 is 0 Å². The number of morpholine rings is 1. The van der Waals surface area contributed by atoms with Crippen LogP contribution in [0.15, 0.2) is 0 Å². The van der Waals surface area contributed by atoms with Crippen molar-refractivity contribution in [1.29, 1.82) is 0 Å². The third kappa shape index (κ3) is 1.62. The van der Waals surface area contributed by atoms with Crippen LogP contribution in [0.3, 0.4) is 0 Å². The minimum atomic E-state index is 0.144. The molecule has 13 heavy (non-hydrogen) atoms. The Hall–Kier alpha value is -0.0800. The highest BCUT2D eigenvalue weighted by Crippen LogP contribution is 2.33. The van der Waals surface area contributed by atoms with Gasteiger partial charge in [0, 0.05) is 12.6 Å². The Kier molecular flexibility index (Phi) is 2.61. The summed E-state index contributed by atoms with van der Waals surface area (Å²) in [5, 5.41) is 3.65. The molecule has 2 atom stereocenters. The molecule has 0 spiro atoms. The second-order valence-electron chi connectivity index (χ2n) is 4.46. The molecule has 2 heteroatoms. The fourth-order valence-corrected chi connectivity index (χ4v) is 2.65. The summed E-state index contributed by atoms with van der Waals surface area (Å²) in [6.45, 7) is 5.53. The molecule has 0 amide bonds. The summed E-state index contributed by atoms with van der Waals surface area (Å²) in [7, 11) is 0. The van der Waals surface area contributed by atoms with E-state index < -0.39 is 0 Å². The fourth-order valence-electron chi connectivity index (χ4n) is 2.65. The van der Waals surface area contributed by atoms with E-state index in [1.54, 1.807) is 0 Å². The molecule has 1 aliphatic carbocycles. The minimum Gasteiger partial charge on any atom is -0.369 e. The number of fused-ring (bicyclic) bond motifs is 1. The van der Waals surface area contributed by atoms with E-state index in [0.717, 1.165) is 19.4 Å². The van der Waals surface area contributed by atoms with Gasteiger partial charge in [-0.2, -0.15) is 0 Å². The van der Waals surface area contributed by atoms with Gasteiger partial charge in [-0.3, -0.25) is 0 Å². The van der Waals surface area contributed by atoms with Crippen molar-refractivity contribution in [3.63, 3.8) is 0 Å². The zero-order valence-electron chi connectivity index (χ0n) is 8.81. The Morgan fingerprint density at radius 1 is 1.31 bits per heavy atom. The lowest BCUT2D eigenvalue weighted by Crippen LogP contribution is -2.56. The van der Waals surface area contributed by atoms with Gasteiger partial charge in [0.05, 0.1) is 11.7 Å². The molecule has 1 heterocycles. The molecular formula is C11H21NO. The molecule has 1 aliphatic heterocycles. The summed E-state index contributed by atoms with van der Waals surface area (Å²) in [6.07, 6.45) is 6.70. The van der Waals surface area contributed by atoms with Crippen molar-refractivity contribution >= 4 is 0 Å². The van der Waals surface area contributed by atoms with Crippen LogP contribution in [-0.2, 0) is 4.74 Å². The van der Waals surface area contributed by atoms with Crippen LogP contribution >= 0.6 is 0 Å². The Bertz CT molecular complexity index is 177. The molecule has 2 unspecified atom stereocenters. The van der Waals surface area contributed by atoms with E-state index in [2.05, 4.69) is 19.2 Å². The van der Waals surface area contributed by atoms with Crippen molar-refractivity contribution in [2.24, 2.45) is 0 Å². The van der Waals surface area contributed by atoms with Crippen LogP contribution in [0.5, 0.6) is 0 Å². The predicted octanol–water partition coefficient (Wildman–Crippen LogP) is 2.09. The monoisotopic (exact) mass is 183 g/mol. The van der Waals surface area contributed by atoms with Crippen molar-refractivity contribution in [2.45, 2.75) is 63.7 Å². The lowest BCUT2D eigenvalue weighted by molar-refractivity contribution is -0.130. The lowest BCUT2D eigenvalue weighted by atomic mass is 9.93. The summed E-state index contributed by atoms with van der Waals surface area (Å²) in [5.41, 5.74) is 0.144. The minimum absolute atomic E-state index is 0.144. The summed E-state index contributed by atoms with van der Waals surface area (Å²) in [5.74, 6) is 0. The van der Waals surface area contributed by atoms with Crippen LogP contribution < -0.4 is 5.32 Å². The number of hydrogen-bond donors (Lipinski definition) is 1. The van der Waals surface area contributed by atoms with Gasteiger partial charge in [-0.25, -0.2) is 0 Å². The molecule has 2 rings (SSSR count). The summed E-state index contributed by atoms with van der Waals surface area (Å²) < 4.78 is 6.23. The highest BCUT2D eigenvalue weighted by atomic mass is 16.5. The maximum atomic E-state index is 6.23. The maximum Gasteiger partial charge on any atom is 0.0805 e. The highest BCUT2D eigenvalue weighted by Gasteiger charge is 2.41. The van der Waals surface area contributed by atoms with Gasteiger partial charge in [-0.1, -0.05) is 13.8 Å². The molecule has 0 aromatic carbocycles. The maximum absolute atomic E-state index is 6.23. The predicted molar refractivity (Wildman–Crippen MR) is 53.8 cm³/mol. The molecule has 0 aromatic rings. The van der Waals surface area contributed by atoms with Gasteiger partial charge in [0.15, 0.2) is 0 Å². The van der Waals surface area contributed by atoms with Gasteiger partial charge < -0.3 is 10.1 Å². The van der Waals surface area contributed by atoms with Crippen LogP contribution in [0.1, 0.15) is 46.0 Å². The normalized spacial score (nSPS) is 37.4. The summed E-state index contributed by atoms with van der Waals surface area (Å²) >= 11 is 0. The van der Waals surface area contributed by atoms with Crippen molar-refractivity contribution in [1.82, 2.24) is 5.32 Å². The Balaban J connectivity index is 2.02. The number of hydrogen-bond acceptors (Lipinski definition) is 2. The van der Waals surface area contributed by atoms with Crippen LogP contribution in [0.4, 0.5) is 0 Å². The van der Waals surface area contributed by atoms with E-state index in [0.29, 0.717) is 12.1 Å². The second kappa shape index (κ2) is 3.58. The third-order valence-electron chi connectivity index (χ3n) is 3.83. The van der Waals surface area contributed by atoms with Crippen LogP contribution in [0.25, 0.3) is 0 Å². The van der Waals surface area contributed by atoms with Gasteiger partial charge in [0.25, 0.3) is 0 Å². The first-order chi connectivity index (χ1) is 6.29. The van der Waals surface area contributed by atoms with Crippen molar-refractivity contribution in [3.8, 4) is 0 Å². The Morgan fingerprint density at radius 3 is 2.77 bits per heavy atom. The van der Waals surface area contributed by atoms with Gasteiger partial charge in [0.1, 0.15) is 0 Å². The second-order valence-corrected chi connectivity index (χ2v) is 4.46. The highest BCUT2D eigenvalue weighted by molar-refractivity contribution is 4.95. The third-order valence-corrected chi connectivity index (χ3v) is 3.83. The molecular weight excluding hydrogens is 162 g/mol. The summed E-state index contributed by atoms with van der Waals surface area (Å²) in [4.78, 5) is 0. The number of ether oxygens (including phenoxy) is 1. The zero-order valence-corrected chi connectivity index (χ0v) is 8.81. The Morgan fingerprint density at radius 2 is 2.08 bits per heavy atom. The van der Waals surface area contributed by atoms with E-state index in [1.165, 1.54) is 19.3 Å². The van der Waals surface area contributed by atoms with Crippen molar-refractivity contribution < 1.29 is 4.74 Å². The van der Waals surface area contributed by atoms with Gasteiger partial charge in [-0.15, -0.1) is 0 Å². The average molecular weight is 183 g/mol. The number of nitrogens with one attached hydrogen (secondary N) is 1. The first kappa shape index (κ1) is 9.47. The molecule has 0 radical (unpaired) electrons. The molecule has 76 valence electrons. The SMILES string of the molecule is CCC1(CC)CNC2CCCC2O1. The van der Waals surface area contributed by atoms with Gasteiger partial charge in [0.2, 0.25) is 0 Å². The largest absolute Gasteiger partial charge is 0.369 e.